The van der Waals surface area contributed by atoms with Crippen LogP contribution in [0.3, 0.4) is 0 Å². The number of hydrogen-bond acceptors (Lipinski definition) is 2. The average Bonchev–Trinajstić information content (AvgIpc) is 2.27. The summed E-state index contributed by atoms with van der Waals surface area (Å²) in [5.74, 6) is 0. The zero-order valence-electron chi connectivity index (χ0n) is 10.8. The monoisotopic (exact) mass is 218 g/mol. The molecule has 0 amide bonds. The SMILES string of the molecule is CCCCC(C)(C)N=C1C=CC=CC1=NC. The van der Waals surface area contributed by atoms with Crippen LogP contribution in [0.5, 0.6) is 0 Å². The number of aliphatic imine (C=N–C) groups is 2. The van der Waals surface area contributed by atoms with E-state index in [0.29, 0.717) is 0 Å². The van der Waals surface area contributed by atoms with Crippen LogP contribution < -0.4 is 0 Å². The lowest BCUT2D eigenvalue weighted by Crippen LogP contribution is -2.22. The summed E-state index contributed by atoms with van der Waals surface area (Å²) in [5, 5.41) is 0. The van der Waals surface area contributed by atoms with Gasteiger partial charge in [-0.1, -0.05) is 31.9 Å². The lowest BCUT2D eigenvalue weighted by atomic mass is 9.97. The molecule has 0 aromatic heterocycles. The van der Waals surface area contributed by atoms with Crippen molar-refractivity contribution in [2.24, 2.45) is 9.98 Å². The van der Waals surface area contributed by atoms with Crippen LogP contribution in [0.2, 0.25) is 0 Å². The van der Waals surface area contributed by atoms with Gasteiger partial charge >= 0.3 is 0 Å². The molecule has 0 atom stereocenters. The van der Waals surface area contributed by atoms with Crippen LogP contribution in [0.15, 0.2) is 34.3 Å². The standard InChI is InChI=1S/C14H22N2/c1-5-6-11-14(2,3)16-13-10-8-7-9-12(13)15-4/h7-10H,5-6,11H2,1-4H3. The van der Waals surface area contributed by atoms with Crippen molar-refractivity contribution in [2.45, 2.75) is 45.6 Å². The first-order valence-electron chi connectivity index (χ1n) is 6.01. The van der Waals surface area contributed by atoms with Gasteiger partial charge in [0.2, 0.25) is 0 Å². The van der Waals surface area contributed by atoms with Crippen LogP contribution in [-0.4, -0.2) is 24.0 Å². The molecule has 0 N–H and O–H groups in total. The number of unbranched alkanes of at least 4 members (excludes halogenated alkanes) is 1. The van der Waals surface area contributed by atoms with Gasteiger partial charge in [0.15, 0.2) is 0 Å². The zero-order chi connectivity index (χ0) is 12.0. The molecular weight excluding hydrogens is 196 g/mol. The largest absolute Gasteiger partial charge is 0.286 e. The fraction of sp³-hybridized carbons (Fsp3) is 0.571. The van der Waals surface area contributed by atoms with Crippen molar-refractivity contribution in [3.8, 4) is 0 Å². The van der Waals surface area contributed by atoms with Gasteiger partial charge in [0.1, 0.15) is 0 Å². The lowest BCUT2D eigenvalue weighted by molar-refractivity contribution is 0.460. The highest BCUT2D eigenvalue weighted by Crippen LogP contribution is 2.19. The summed E-state index contributed by atoms with van der Waals surface area (Å²) in [6, 6.07) is 0. The molecule has 0 aromatic rings. The Balaban J connectivity index is 2.82. The maximum Gasteiger partial charge on any atom is 0.0832 e. The van der Waals surface area contributed by atoms with Gasteiger partial charge in [-0.2, -0.15) is 0 Å². The highest BCUT2D eigenvalue weighted by Gasteiger charge is 2.17. The summed E-state index contributed by atoms with van der Waals surface area (Å²) in [6.45, 7) is 6.59. The van der Waals surface area contributed by atoms with Gasteiger partial charge in [-0.15, -0.1) is 0 Å². The van der Waals surface area contributed by atoms with Crippen LogP contribution in [0.4, 0.5) is 0 Å². The Labute approximate surface area is 98.9 Å². The van der Waals surface area contributed by atoms with Gasteiger partial charge in [0.05, 0.1) is 17.0 Å². The van der Waals surface area contributed by atoms with Crippen LogP contribution in [-0.2, 0) is 0 Å². The summed E-state index contributed by atoms with van der Waals surface area (Å²) in [6.07, 6.45) is 11.6. The van der Waals surface area contributed by atoms with Crippen molar-refractivity contribution in [1.82, 2.24) is 0 Å². The number of rotatable bonds is 4. The summed E-state index contributed by atoms with van der Waals surface area (Å²) in [5.41, 5.74) is 2.00. The van der Waals surface area contributed by atoms with Crippen LogP contribution in [0.25, 0.3) is 0 Å². The Kier molecular flexibility index (Phi) is 4.66. The van der Waals surface area contributed by atoms with E-state index in [1.54, 1.807) is 0 Å². The maximum atomic E-state index is 4.81. The Morgan fingerprint density at radius 3 is 2.31 bits per heavy atom. The molecule has 0 aliphatic heterocycles. The summed E-state index contributed by atoms with van der Waals surface area (Å²) >= 11 is 0. The van der Waals surface area contributed by atoms with E-state index in [1.807, 2.05) is 31.4 Å². The fourth-order valence-electron chi connectivity index (χ4n) is 1.74. The number of nitrogens with zero attached hydrogens (tertiary/aromatic N) is 2. The molecule has 2 nitrogen and oxygen atoms in total. The minimum Gasteiger partial charge on any atom is -0.286 e. The van der Waals surface area contributed by atoms with Crippen molar-refractivity contribution in [3.63, 3.8) is 0 Å². The van der Waals surface area contributed by atoms with Crippen molar-refractivity contribution < 1.29 is 0 Å². The second-order valence-electron chi connectivity index (χ2n) is 4.74. The number of allylic oxidation sites excluding steroid dienone is 4. The van der Waals surface area contributed by atoms with Gasteiger partial charge in [0.25, 0.3) is 0 Å². The minimum absolute atomic E-state index is 0.0107. The van der Waals surface area contributed by atoms with Crippen molar-refractivity contribution in [2.75, 3.05) is 7.05 Å². The quantitative estimate of drug-likeness (QED) is 0.644. The molecule has 0 heterocycles. The lowest BCUT2D eigenvalue weighted by Gasteiger charge is -2.21. The zero-order valence-corrected chi connectivity index (χ0v) is 10.8. The number of hydrogen-bond donors (Lipinski definition) is 0. The molecule has 0 unspecified atom stereocenters. The van der Waals surface area contributed by atoms with Crippen LogP contribution in [0, 0.1) is 0 Å². The molecule has 0 aromatic carbocycles. The third-order valence-electron chi connectivity index (χ3n) is 2.69. The van der Waals surface area contributed by atoms with Gasteiger partial charge < -0.3 is 0 Å². The van der Waals surface area contributed by atoms with E-state index >= 15 is 0 Å². The summed E-state index contributed by atoms with van der Waals surface area (Å²) in [4.78, 5) is 9.05. The molecule has 16 heavy (non-hydrogen) atoms. The first kappa shape index (κ1) is 12.9. The van der Waals surface area contributed by atoms with E-state index in [9.17, 15) is 0 Å². The molecule has 0 saturated carbocycles. The minimum atomic E-state index is 0.0107. The first-order valence-corrected chi connectivity index (χ1v) is 6.01. The smallest absolute Gasteiger partial charge is 0.0832 e. The molecule has 0 radical (unpaired) electrons. The highest BCUT2D eigenvalue weighted by atomic mass is 14.9. The Bertz CT molecular complexity index is 344. The predicted molar refractivity (Wildman–Crippen MR) is 72.7 cm³/mol. The molecule has 2 heteroatoms. The average molecular weight is 218 g/mol. The van der Waals surface area contributed by atoms with E-state index in [2.05, 4.69) is 25.8 Å². The van der Waals surface area contributed by atoms with Crippen molar-refractivity contribution in [3.05, 3.63) is 24.3 Å². The van der Waals surface area contributed by atoms with Gasteiger partial charge in [-0.05, 0) is 32.4 Å². The van der Waals surface area contributed by atoms with E-state index in [4.69, 9.17) is 4.99 Å². The van der Waals surface area contributed by atoms with Gasteiger partial charge in [-0.25, -0.2) is 0 Å². The second kappa shape index (κ2) is 5.78. The molecule has 0 spiro atoms. The summed E-state index contributed by atoms with van der Waals surface area (Å²) in [7, 11) is 1.81. The third-order valence-corrected chi connectivity index (χ3v) is 2.69. The Hall–Kier alpha value is -1.18. The summed E-state index contributed by atoms with van der Waals surface area (Å²) < 4.78 is 0. The normalized spacial score (nSPS) is 21.0. The maximum absolute atomic E-state index is 4.81. The Morgan fingerprint density at radius 2 is 1.75 bits per heavy atom. The van der Waals surface area contributed by atoms with E-state index in [1.165, 1.54) is 12.8 Å². The predicted octanol–water partition coefficient (Wildman–Crippen LogP) is 3.59. The fourth-order valence-corrected chi connectivity index (χ4v) is 1.74. The molecular formula is C14H22N2. The third kappa shape index (κ3) is 3.76. The molecule has 0 bridgehead atoms. The molecule has 1 aliphatic carbocycles. The molecule has 0 saturated heterocycles. The van der Waals surface area contributed by atoms with Crippen LogP contribution in [0.1, 0.15) is 40.0 Å². The molecule has 1 rings (SSSR count). The first-order chi connectivity index (χ1) is 7.59. The highest BCUT2D eigenvalue weighted by molar-refractivity contribution is 6.51. The van der Waals surface area contributed by atoms with E-state index in [-0.39, 0.29) is 5.54 Å². The van der Waals surface area contributed by atoms with E-state index < -0.39 is 0 Å². The van der Waals surface area contributed by atoms with E-state index in [0.717, 1.165) is 17.8 Å². The topological polar surface area (TPSA) is 24.7 Å². The Morgan fingerprint density at radius 1 is 1.12 bits per heavy atom. The van der Waals surface area contributed by atoms with Gasteiger partial charge in [0, 0.05) is 7.05 Å². The van der Waals surface area contributed by atoms with Gasteiger partial charge in [-0.3, -0.25) is 9.98 Å². The van der Waals surface area contributed by atoms with Crippen molar-refractivity contribution >= 4 is 11.4 Å². The molecule has 88 valence electrons. The molecule has 0 fully saturated rings. The van der Waals surface area contributed by atoms with Crippen molar-refractivity contribution in [1.29, 1.82) is 0 Å². The molecule has 1 aliphatic rings. The van der Waals surface area contributed by atoms with Crippen LogP contribution >= 0.6 is 0 Å². The second-order valence-corrected chi connectivity index (χ2v) is 4.74.